The van der Waals surface area contributed by atoms with Gasteiger partial charge >= 0.3 is 5.97 Å². The Morgan fingerprint density at radius 2 is 1.71 bits per heavy atom. The van der Waals surface area contributed by atoms with Crippen molar-refractivity contribution in [2.75, 3.05) is 6.54 Å². The van der Waals surface area contributed by atoms with Crippen LogP contribution in [0.1, 0.15) is 21.2 Å². The van der Waals surface area contributed by atoms with E-state index in [0.29, 0.717) is 10.5 Å². The summed E-state index contributed by atoms with van der Waals surface area (Å²) in [6, 6.07) is 11.6. The number of carbonyl (C=O) groups is 1. The molecule has 0 fully saturated rings. The number of carboxylic acid groups (broad SMARTS) is 1. The molecule has 0 aromatic heterocycles. The number of nitrogens with zero attached hydrogens (tertiary/aromatic N) is 2. The number of nitro groups is 2. The zero-order chi connectivity index (χ0) is 17.7. The number of thioether (sulfide) groups is 1. The third kappa shape index (κ3) is 4.29. The smallest absolute Gasteiger partial charge is 0.336 e. The monoisotopic (exact) mass is 348 g/mol. The maximum Gasteiger partial charge on any atom is 0.336 e. The first-order valence-electron chi connectivity index (χ1n) is 6.73. The fourth-order valence-corrected chi connectivity index (χ4v) is 3.29. The van der Waals surface area contributed by atoms with Crippen molar-refractivity contribution in [3.63, 3.8) is 0 Å². The summed E-state index contributed by atoms with van der Waals surface area (Å²) >= 11 is 1.05. The average Bonchev–Trinajstić information content (AvgIpc) is 2.54. The molecule has 0 saturated heterocycles. The second-order valence-corrected chi connectivity index (χ2v) is 6.02. The largest absolute Gasteiger partial charge is 0.478 e. The van der Waals surface area contributed by atoms with Crippen LogP contribution in [0.4, 0.5) is 5.69 Å². The van der Waals surface area contributed by atoms with Crippen LogP contribution in [0, 0.1) is 20.2 Å². The number of carboxylic acids is 1. The predicted octanol–water partition coefficient (Wildman–Crippen LogP) is 3.40. The molecule has 1 unspecified atom stereocenters. The summed E-state index contributed by atoms with van der Waals surface area (Å²) in [4.78, 5) is 32.2. The molecule has 0 radical (unpaired) electrons. The molecule has 0 spiro atoms. The zero-order valence-electron chi connectivity index (χ0n) is 12.2. The Hall–Kier alpha value is -2.94. The molecule has 9 heteroatoms. The summed E-state index contributed by atoms with van der Waals surface area (Å²) < 4.78 is 0. The van der Waals surface area contributed by atoms with E-state index in [-0.39, 0.29) is 11.3 Å². The number of non-ortho nitro benzene ring substituents is 1. The summed E-state index contributed by atoms with van der Waals surface area (Å²) in [6.45, 7) is -0.434. The highest BCUT2D eigenvalue weighted by molar-refractivity contribution is 7.99. The first kappa shape index (κ1) is 17.4. The highest BCUT2D eigenvalue weighted by Gasteiger charge is 2.22. The molecule has 1 atom stereocenters. The maximum absolute atomic E-state index is 11.3. The van der Waals surface area contributed by atoms with E-state index in [1.807, 2.05) is 0 Å². The van der Waals surface area contributed by atoms with Gasteiger partial charge < -0.3 is 5.11 Å². The summed E-state index contributed by atoms with van der Waals surface area (Å²) in [5.41, 5.74) is 0.454. The van der Waals surface area contributed by atoms with Crippen molar-refractivity contribution in [3.8, 4) is 0 Å². The van der Waals surface area contributed by atoms with Gasteiger partial charge in [0.25, 0.3) is 5.69 Å². The van der Waals surface area contributed by atoms with E-state index >= 15 is 0 Å². The number of aromatic carboxylic acids is 1. The van der Waals surface area contributed by atoms with E-state index < -0.39 is 27.6 Å². The Kier molecular flexibility index (Phi) is 5.48. The van der Waals surface area contributed by atoms with Gasteiger partial charge in [-0.05, 0) is 17.7 Å². The number of benzene rings is 2. The highest BCUT2D eigenvalue weighted by Crippen LogP contribution is 2.37. The van der Waals surface area contributed by atoms with Crippen LogP contribution in [0.15, 0.2) is 53.4 Å². The quantitative estimate of drug-likeness (QED) is 0.462. The molecule has 1 N–H and O–H groups in total. The van der Waals surface area contributed by atoms with E-state index in [2.05, 4.69) is 0 Å². The third-order valence-electron chi connectivity index (χ3n) is 3.18. The molecule has 2 aromatic carbocycles. The molecule has 0 aliphatic carbocycles. The molecule has 0 amide bonds. The Bertz CT molecular complexity index is 778. The van der Waals surface area contributed by atoms with Crippen LogP contribution in [-0.2, 0) is 0 Å². The molecule has 2 aromatic rings. The van der Waals surface area contributed by atoms with E-state index in [9.17, 15) is 30.1 Å². The lowest BCUT2D eigenvalue weighted by atomic mass is 10.1. The Morgan fingerprint density at radius 3 is 2.25 bits per heavy atom. The van der Waals surface area contributed by atoms with E-state index in [4.69, 9.17) is 0 Å². The van der Waals surface area contributed by atoms with Crippen LogP contribution in [0.2, 0.25) is 0 Å². The van der Waals surface area contributed by atoms with Crippen molar-refractivity contribution >= 4 is 23.4 Å². The van der Waals surface area contributed by atoms with Crippen molar-refractivity contribution in [3.05, 3.63) is 79.9 Å². The lowest BCUT2D eigenvalue weighted by Gasteiger charge is -2.14. The van der Waals surface area contributed by atoms with Gasteiger partial charge in [-0.3, -0.25) is 20.2 Å². The molecule has 0 heterocycles. The molecule has 24 heavy (non-hydrogen) atoms. The fourth-order valence-electron chi connectivity index (χ4n) is 2.06. The Morgan fingerprint density at radius 1 is 1.08 bits per heavy atom. The number of nitro benzene ring substituents is 1. The number of rotatable bonds is 7. The molecule has 0 saturated carbocycles. The van der Waals surface area contributed by atoms with Crippen molar-refractivity contribution in [2.24, 2.45) is 0 Å². The van der Waals surface area contributed by atoms with E-state index in [1.54, 1.807) is 18.2 Å². The number of hydrogen-bond acceptors (Lipinski definition) is 6. The van der Waals surface area contributed by atoms with Crippen molar-refractivity contribution in [2.45, 2.75) is 10.1 Å². The van der Waals surface area contributed by atoms with Crippen LogP contribution >= 0.6 is 11.8 Å². The Balaban J connectivity index is 2.34. The molecule has 0 bridgehead atoms. The first-order valence-corrected chi connectivity index (χ1v) is 7.61. The van der Waals surface area contributed by atoms with Crippen LogP contribution in [-0.4, -0.2) is 27.5 Å². The molecular weight excluding hydrogens is 336 g/mol. The highest BCUT2D eigenvalue weighted by atomic mass is 32.2. The van der Waals surface area contributed by atoms with Crippen molar-refractivity contribution in [1.82, 2.24) is 0 Å². The van der Waals surface area contributed by atoms with Crippen LogP contribution in [0.25, 0.3) is 0 Å². The fraction of sp³-hybridized carbons (Fsp3) is 0.133. The van der Waals surface area contributed by atoms with Gasteiger partial charge in [-0.1, -0.05) is 24.3 Å². The molecule has 0 aliphatic rings. The van der Waals surface area contributed by atoms with Gasteiger partial charge in [-0.15, -0.1) is 11.8 Å². The van der Waals surface area contributed by atoms with Crippen molar-refractivity contribution < 1.29 is 19.7 Å². The topological polar surface area (TPSA) is 124 Å². The van der Waals surface area contributed by atoms with Gasteiger partial charge in [0, 0.05) is 22.0 Å². The van der Waals surface area contributed by atoms with Crippen LogP contribution < -0.4 is 0 Å². The average molecular weight is 348 g/mol. The lowest BCUT2D eigenvalue weighted by molar-refractivity contribution is -0.479. The second-order valence-electron chi connectivity index (χ2n) is 4.77. The second kappa shape index (κ2) is 7.55. The molecule has 8 nitrogen and oxygen atoms in total. The normalized spacial score (nSPS) is 11.7. The minimum absolute atomic E-state index is 0.0535. The Labute approximate surface area is 140 Å². The summed E-state index contributed by atoms with van der Waals surface area (Å²) in [5, 5.41) is 30.2. The van der Waals surface area contributed by atoms with Crippen LogP contribution in [0.5, 0.6) is 0 Å². The minimum Gasteiger partial charge on any atom is -0.478 e. The molecule has 2 rings (SSSR count). The van der Waals surface area contributed by atoms with Crippen LogP contribution in [0.3, 0.4) is 0 Å². The standard InChI is InChI=1S/C15H12N2O6S/c18-15(19)12-3-1-2-4-13(12)24-14(9-16(20)21)10-5-7-11(8-6-10)17(22)23/h1-8,14H,9H2,(H,18,19). The summed E-state index contributed by atoms with van der Waals surface area (Å²) in [5.74, 6) is -1.12. The molecular formula is C15H12N2O6S. The minimum atomic E-state index is -1.12. The van der Waals surface area contributed by atoms with Gasteiger partial charge in [0.1, 0.15) is 0 Å². The maximum atomic E-state index is 11.3. The van der Waals surface area contributed by atoms with E-state index in [0.717, 1.165) is 11.8 Å². The van der Waals surface area contributed by atoms with Gasteiger partial charge in [-0.25, -0.2) is 4.79 Å². The summed E-state index contributed by atoms with van der Waals surface area (Å²) in [7, 11) is 0. The zero-order valence-corrected chi connectivity index (χ0v) is 13.0. The van der Waals surface area contributed by atoms with Gasteiger partial charge in [0.15, 0.2) is 0 Å². The number of hydrogen-bond donors (Lipinski definition) is 1. The predicted molar refractivity (Wildman–Crippen MR) is 87.0 cm³/mol. The first-order chi connectivity index (χ1) is 11.4. The van der Waals surface area contributed by atoms with Gasteiger partial charge in [0.05, 0.1) is 15.7 Å². The van der Waals surface area contributed by atoms with Gasteiger partial charge in [-0.2, -0.15) is 0 Å². The SMILES string of the molecule is O=C(O)c1ccccc1SC(C[N+](=O)[O-])c1ccc([N+](=O)[O-])cc1. The van der Waals surface area contributed by atoms with E-state index in [1.165, 1.54) is 30.3 Å². The molecule has 124 valence electrons. The lowest BCUT2D eigenvalue weighted by Crippen LogP contribution is -2.10. The van der Waals surface area contributed by atoms with Gasteiger partial charge in [0.2, 0.25) is 6.54 Å². The van der Waals surface area contributed by atoms with Crippen molar-refractivity contribution in [1.29, 1.82) is 0 Å². The molecule has 0 aliphatic heterocycles. The summed E-state index contributed by atoms with van der Waals surface area (Å²) in [6.07, 6.45) is 0. The third-order valence-corrected chi connectivity index (χ3v) is 4.49.